The molecule has 1 atom stereocenters. The fraction of sp³-hybridized carbons (Fsp3) is 0.389. The third kappa shape index (κ3) is 4.22. The lowest BCUT2D eigenvalue weighted by atomic mass is 10.3. The first-order valence-electron chi connectivity index (χ1n) is 8.28. The molecule has 1 aromatic heterocycles. The number of para-hydroxylation sites is 1. The highest BCUT2D eigenvalue weighted by atomic mass is 16.5. The molecule has 0 aliphatic carbocycles. The van der Waals surface area contributed by atoms with Gasteiger partial charge in [-0.25, -0.2) is 9.97 Å². The lowest BCUT2D eigenvalue weighted by molar-refractivity contribution is -0.127. The van der Waals surface area contributed by atoms with Gasteiger partial charge in [0.2, 0.25) is 0 Å². The topological polar surface area (TPSA) is 67.3 Å². The molecule has 1 aliphatic heterocycles. The number of carbonyl (C=O) groups is 1. The third-order valence-electron chi connectivity index (χ3n) is 3.97. The van der Waals surface area contributed by atoms with Crippen LogP contribution in [-0.2, 0) is 11.3 Å². The minimum atomic E-state index is -0.575. The number of ether oxygens (including phenoxy) is 1. The highest BCUT2D eigenvalue weighted by Crippen LogP contribution is 2.17. The average Bonchev–Trinajstić information content (AvgIpc) is 3.15. The molecule has 126 valence electrons. The molecule has 24 heavy (non-hydrogen) atoms. The smallest absolute Gasteiger partial charge is 0.261 e. The summed E-state index contributed by atoms with van der Waals surface area (Å²) in [7, 11) is 0. The van der Waals surface area contributed by atoms with E-state index >= 15 is 0 Å². The van der Waals surface area contributed by atoms with Gasteiger partial charge in [-0.15, -0.1) is 0 Å². The number of anilines is 1. The zero-order valence-electron chi connectivity index (χ0n) is 13.8. The Hall–Kier alpha value is -2.63. The van der Waals surface area contributed by atoms with Crippen LogP contribution in [0.1, 0.15) is 25.6 Å². The number of benzene rings is 1. The summed E-state index contributed by atoms with van der Waals surface area (Å²) in [6, 6.07) is 11.2. The lowest BCUT2D eigenvalue weighted by Gasteiger charge is -2.17. The standard InChI is InChI=1S/C18H22N4O2/c1-14(24-15-7-3-2-4-8-15)18(23)20-13-16-19-10-9-17(21-16)22-11-5-6-12-22/h2-4,7-10,14H,5-6,11-13H2,1H3,(H,20,23)/t14-/m0/s1. The summed E-state index contributed by atoms with van der Waals surface area (Å²) in [5.74, 6) is 2.03. The Kier molecular flexibility index (Phi) is 5.25. The maximum Gasteiger partial charge on any atom is 0.261 e. The molecule has 0 saturated carbocycles. The lowest BCUT2D eigenvalue weighted by Crippen LogP contribution is -2.36. The maximum atomic E-state index is 12.2. The zero-order chi connectivity index (χ0) is 16.8. The summed E-state index contributed by atoms with van der Waals surface area (Å²) in [4.78, 5) is 23.2. The van der Waals surface area contributed by atoms with E-state index in [1.807, 2.05) is 36.4 Å². The third-order valence-corrected chi connectivity index (χ3v) is 3.97. The molecule has 0 spiro atoms. The highest BCUT2D eigenvalue weighted by Gasteiger charge is 2.16. The molecule has 1 aliphatic rings. The molecule has 1 amide bonds. The Bertz CT molecular complexity index is 672. The second-order valence-electron chi connectivity index (χ2n) is 5.82. The minimum Gasteiger partial charge on any atom is -0.481 e. The van der Waals surface area contributed by atoms with Gasteiger partial charge in [-0.2, -0.15) is 0 Å². The SMILES string of the molecule is C[C@H](Oc1ccccc1)C(=O)NCc1nccc(N2CCCC2)n1. The van der Waals surface area contributed by atoms with E-state index in [9.17, 15) is 4.79 Å². The van der Waals surface area contributed by atoms with E-state index < -0.39 is 6.10 Å². The Balaban J connectivity index is 1.53. The van der Waals surface area contributed by atoms with Crippen LogP contribution in [0.15, 0.2) is 42.6 Å². The van der Waals surface area contributed by atoms with Gasteiger partial charge in [0.1, 0.15) is 17.4 Å². The van der Waals surface area contributed by atoms with Gasteiger partial charge in [-0.3, -0.25) is 4.79 Å². The largest absolute Gasteiger partial charge is 0.481 e. The van der Waals surface area contributed by atoms with Crippen LogP contribution >= 0.6 is 0 Å². The number of rotatable bonds is 6. The summed E-state index contributed by atoms with van der Waals surface area (Å²) < 4.78 is 5.61. The quantitative estimate of drug-likeness (QED) is 0.881. The van der Waals surface area contributed by atoms with Crippen LogP contribution in [0.3, 0.4) is 0 Å². The van der Waals surface area contributed by atoms with Crippen LogP contribution in [0.2, 0.25) is 0 Å². The molecule has 0 bridgehead atoms. The van der Waals surface area contributed by atoms with Crippen molar-refractivity contribution in [2.75, 3.05) is 18.0 Å². The summed E-state index contributed by atoms with van der Waals surface area (Å²) >= 11 is 0. The number of carbonyl (C=O) groups excluding carboxylic acids is 1. The van der Waals surface area contributed by atoms with Crippen LogP contribution in [-0.4, -0.2) is 35.1 Å². The fourth-order valence-corrected chi connectivity index (χ4v) is 2.66. The van der Waals surface area contributed by atoms with Crippen molar-refractivity contribution in [2.45, 2.75) is 32.4 Å². The molecular weight excluding hydrogens is 304 g/mol. The first-order valence-corrected chi connectivity index (χ1v) is 8.28. The Morgan fingerprint density at radius 3 is 2.75 bits per heavy atom. The van der Waals surface area contributed by atoms with Gasteiger partial charge in [-0.1, -0.05) is 18.2 Å². The Labute approximate surface area is 141 Å². The van der Waals surface area contributed by atoms with E-state index in [0.29, 0.717) is 18.1 Å². The molecule has 0 radical (unpaired) electrons. The van der Waals surface area contributed by atoms with Crippen LogP contribution in [0.4, 0.5) is 5.82 Å². The number of nitrogens with zero attached hydrogens (tertiary/aromatic N) is 3. The van der Waals surface area contributed by atoms with Crippen molar-refractivity contribution in [3.63, 3.8) is 0 Å². The van der Waals surface area contributed by atoms with E-state index in [4.69, 9.17) is 4.74 Å². The van der Waals surface area contributed by atoms with Crippen molar-refractivity contribution >= 4 is 11.7 Å². The van der Waals surface area contributed by atoms with Gasteiger partial charge in [0.25, 0.3) is 5.91 Å². The maximum absolute atomic E-state index is 12.2. The van der Waals surface area contributed by atoms with Gasteiger partial charge >= 0.3 is 0 Å². The fourth-order valence-electron chi connectivity index (χ4n) is 2.66. The van der Waals surface area contributed by atoms with Crippen LogP contribution in [0, 0.1) is 0 Å². The average molecular weight is 326 g/mol. The van der Waals surface area contributed by atoms with Crippen molar-refractivity contribution < 1.29 is 9.53 Å². The van der Waals surface area contributed by atoms with Gasteiger partial charge in [0.15, 0.2) is 6.10 Å². The second-order valence-corrected chi connectivity index (χ2v) is 5.82. The predicted octanol–water partition coefficient (Wildman–Crippen LogP) is 2.16. The van der Waals surface area contributed by atoms with E-state index in [2.05, 4.69) is 20.2 Å². The number of hydrogen-bond donors (Lipinski definition) is 1. The predicted molar refractivity (Wildman–Crippen MR) is 91.9 cm³/mol. The van der Waals surface area contributed by atoms with Gasteiger partial charge in [0.05, 0.1) is 6.54 Å². The van der Waals surface area contributed by atoms with Gasteiger partial charge in [-0.05, 0) is 38.0 Å². The van der Waals surface area contributed by atoms with E-state index in [0.717, 1.165) is 18.9 Å². The monoisotopic (exact) mass is 326 g/mol. The van der Waals surface area contributed by atoms with Crippen molar-refractivity contribution in [2.24, 2.45) is 0 Å². The molecule has 2 aromatic rings. The van der Waals surface area contributed by atoms with E-state index in [1.165, 1.54) is 12.8 Å². The van der Waals surface area contributed by atoms with Gasteiger partial charge in [0, 0.05) is 19.3 Å². The van der Waals surface area contributed by atoms with Crippen LogP contribution < -0.4 is 15.0 Å². The number of hydrogen-bond acceptors (Lipinski definition) is 5. The molecule has 6 heteroatoms. The number of aromatic nitrogens is 2. The Morgan fingerprint density at radius 1 is 1.25 bits per heavy atom. The molecule has 2 heterocycles. The molecule has 1 saturated heterocycles. The normalized spacial score (nSPS) is 15.1. The molecule has 1 N–H and O–H groups in total. The first kappa shape index (κ1) is 16.2. The number of amides is 1. The molecule has 6 nitrogen and oxygen atoms in total. The highest BCUT2D eigenvalue weighted by molar-refractivity contribution is 5.80. The van der Waals surface area contributed by atoms with Crippen molar-refractivity contribution in [3.05, 3.63) is 48.4 Å². The summed E-state index contributed by atoms with van der Waals surface area (Å²) in [5, 5.41) is 2.83. The Morgan fingerprint density at radius 2 is 2.00 bits per heavy atom. The zero-order valence-corrected chi connectivity index (χ0v) is 13.8. The van der Waals surface area contributed by atoms with Crippen molar-refractivity contribution in [1.82, 2.24) is 15.3 Å². The van der Waals surface area contributed by atoms with E-state index in [-0.39, 0.29) is 5.91 Å². The van der Waals surface area contributed by atoms with Crippen molar-refractivity contribution in [3.8, 4) is 5.75 Å². The molecule has 3 rings (SSSR count). The molecule has 1 fully saturated rings. The number of nitrogens with one attached hydrogen (secondary N) is 1. The van der Waals surface area contributed by atoms with Crippen molar-refractivity contribution in [1.29, 1.82) is 0 Å². The molecule has 0 unspecified atom stereocenters. The van der Waals surface area contributed by atoms with Crippen LogP contribution in [0.5, 0.6) is 5.75 Å². The summed E-state index contributed by atoms with van der Waals surface area (Å²) in [5.41, 5.74) is 0. The summed E-state index contributed by atoms with van der Waals surface area (Å²) in [6.45, 7) is 4.09. The van der Waals surface area contributed by atoms with Gasteiger partial charge < -0.3 is 15.0 Å². The molecular formula is C18H22N4O2. The van der Waals surface area contributed by atoms with Crippen LogP contribution in [0.25, 0.3) is 0 Å². The first-order chi connectivity index (χ1) is 11.7. The minimum absolute atomic E-state index is 0.186. The van der Waals surface area contributed by atoms with E-state index in [1.54, 1.807) is 13.1 Å². The second kappa shape index (κ2) is 7.77. The molecule has 1 aromatic carbocycles. The summed E-state index contributed by atoms with van der Waals surface area (Å²) in [6.07, 6.45) is 3.56.